The third kappa shape index (κ3) is 1.65. The number of hydrogen-bond acceptors (Lipinski definition) is 3. The summed E-state index contributed by atoms with van der Waals surface area (Å²) in [4.78, 5) is 0. The normalized spacial score (nSPS) is 19.4. The number of rotatable bonds is 2. The first kappa shape index (κ1) is 9.27. The first-order valence-electron chi connectivity index (χ1n) is 4.60. The molecule has 0 amide bonds. The van der Waals surface area contributed by atoms with Crippen molar-refractivity contribution in [3.63, 3.8) is 0 Å². The van der Waals surface area contributed by atoms with Gasteiger partial charge in [0.15, 0.2) is 11.6 Å². The molecule has 3 nitrogen and oxygen atoms in total. The molecule has 4 heteroatoms. The predicted octanol–water partition coefficient (Wildman–Crippen LogP) is 1.38. The van der Waals surface area contributed by atoms with Crippen LogP contribution < -0.4 is 10.1 Å². The Hall–Kier alpha value is -1.29. The van der Waals surface area contributed by atoms with E-state index < -0.39 is 0 Å². The molecule has 0 aliphatic carbocycles. The van der Waals surface area contributed by atoms with E-state index in [9.17, 15) is 4.39 Å². The van der Waals surface area contributed by atoms with Gasteiger partial charge in [0.25, 0.3) is 0 Å². The second-order valence-electron chi connectivity index (χ2n) is 3.28. The lowest BCUT2D eigenvalue weighted by atomic mass is 10.1. The van der Waals surface area contributed by atoms with Gasteiger partial charge in [0.05, 0.1) is 11.7 Å². The zero-order valence-electron chi connectivity index (χ0n) is 7.66. The summed E-state index contributed by atoms with van der Waals surface area (Å²) in [6.07, 6.45) is 0.607. The SMILES string of the molecule is OCCC1COc2c(F)cccc2N1. The van der Waals surface area contributed by atoms with E-state index in [2.05, 4.69) is 5.32 Å². The Morgan fingerprint density at radius 3 is 3.21 bits per heavy atom. The van der Waals surface area contributed by atoms with Gasteiger partial charge in [-0.3, -0.25) is 0 Å². The number of para-hydroxylation sites is 1. The van der Waals surface area contributed by atoms with E-state index in [0.717, 1.165) is 0 Å². The highest BCUT2D eigenvalue weighted by atomic mass is 19.1. The molecule has 0 fully saturated rings. The number of aliphatic hydroxyl groups excluding tert-OH is 1. The summed E-state index contributed by atoms with van der Waals surface area (Å²) < 4.78 is 18.4. The van der Waals surface area contributed by atoms with Crippen LogP contribution >= 0.6 is 0 Å². The van der Waals surface area contributed by atoms with E-state index in [1.807, 2.05) is 0 Å². The van der Waals surface area contributed by atoms with Crippen molar-refractivity contribution >= 4 is 5.69 Å². The first-order chi connectivity index (χ1) is 6.81. The molecule has 0 spiro atoms. The minimum absolute atomic E-state index is 0.0642. The molecule has 1 aromatic carbocycles. The van der Waals surface area contributed by atoms with Crippen molar-refractivity contribution in [1.82, 2.24) is 0 Å². The van der Waals surface area contributed by atoms with E-state index in [-0.39, 0.29) is 24.2 Å². The van der Waals surface area contributed by atoms with Crippen molar-refractivity contribution in [3.05, 3.63) is 24.0 Å². The Balaban J connectivity index is 2.18. The lowest BCUT2D eigenvalue weighted by Gasteiger charge is -2.27. The molecule has 0 saturated heterocycles. The Kier molecular flexibility index (Phi) is 2.54. The van der Waals surface area contributed by atoms with Crippen LogP contribution in [-0.2, 0) is 0 Å². The summed E-state index contributed by atoms with van der Waals surface area (Å²) in [5.74, 6) is -0.0702. The van der Waals surface area contributed by atoms with Crippen molar-refractivity contribution in [2.24, 2.45) is 0 Å². The van der Waals surface area contributed by atoms with E-state index in [4.69, 9.17) is 9.84 Å². The molecule has 0 radical (unpaired) electrons. The topological polar surface area (TPSA) is 41.5 Å². The van der Waals surface area contributed by atoms with Gasteiger partial charge in [-0.25, -0.2) is 4.39 Å². The average molecular weight is 197 g/mol. The molecule has 1 unspecified atom stereocenters. The molecule has 1 atom stereocenters. The fourth-order valence-electron chi connectivity index (χ4n) is 1.53. The van der Waals surface area contributed by atoms with E-state index >= 15 is 0 Å². The van der Waals surface area contributed by atoms with Crippen LogP contribution in [0.3, 0.4) is 0 Å². The van der Waals surface area contributed by atoms with Crippen LogP contribution in [0.5, 0.6) is 5.75 Å². The number of halogens is 1. The fourth-order valence-corrected chi connectivity index (χ4v) is 1.53. The molecule has 0 bridgehead atoms. The van der Waals surface area contributed by atoms with E-state index in [1.165, 1.54) is 6.07 Å². The zero-order valence-corrected chi connectivity index (χ0v) is 7.66. The summed E-state index contributed by atoms with van der Waals surface area (Å²) in [6, 6.07) is 4.83. The third-order valence-electron chi connectivity index (χ3n) is 2.23. The van der Waals surface area contributed by atoms with Crippen LogP contribution in [0.2, 0.25) is 0 Å². The Morgan fingerprint density at radius 1 is 1.57 bits per heavy atom. The van der Waals surface area contributed by atoms with E-state index in [1.54, 1.807) is 12.1 Å². The van der Waals surface area contributed by atoms with Crippen LogP contribution in [-0.4, -0.2) is 24.4 Å². The van der Waals surface area contributed by atoms with Crippen LogP contribution in [0.1, 0.15) is 6.42 Å². The molecule has 2 rings (SSSR count). The average Bonchev–Trinajstić information content (AvgIpc) is 2.18. The molecule has 1 heterocycles. The number of anilines is 1. The van der Waals surface area contributed by atoms with Gasteiger partial charge < -0.3 is 15.2 Å². The highest BCUT2D eigenvalue weighted by Gasteiger charge is 2.20. The maximum absolute atomic E-state index is 13.2. The van der Waals surface area contributed by atoms with Gasteiger partial charge in [-0.1, -0.05) is 6.07 Å². The largest absolute Gasteiger partial charge is 0.486 e. The molecular weight excluding hydrogens is 185 g/mol. The molecule has 1 aromatic rings. The summed E-state index contributed by atoms with van der Waals surface area (Å²) in [5, 5.41) is 11.9. The standard InChI is InChI=1S/C10H12FNO2/c11-8-2-1-3-9-10(8)14-6-7(12-9)4-5-13/h1-3,7,12-13H,4-6H2. The Morgan fingerprint density at radius 2 is 2.43 bits per heavy atom. The summed E-state index contributed by atoms with van der Waals surface area (Å²) >= 11 is 0. The third-order valence-corrected chi connectivity index (χ3v) is 2.23. The first-order valence-corrected chi connectivity index (χ1v) is 4.60. The number of ether oxygens (including phenoxy) is 1. The molecule has 2 N–H and O–H groups in total. The second kappa shape index (κ2) is 3.84. The smallest absolute Gasteiger partial charge is 0.178 e. The molecule has 1 aliphatic heterocycles. The summed E-state index contributed by atoms with van der Waals surface area (Å²) in [6.45, 7) is 0.500. The van der Waals surface area contributed by atoms with Crippen molar-refractivity contribution < 1.29 is 14.2 Å². The minimum Gasteiger partial charge on any atom is -0.486 e. The monoisotopic (exact) mass is 197 g/mol. The van der Waals surface area contributed by atoms with Crippen LogP contribution in [0.4, 0.5) is 10.1 Å². The molecule has 0 saturated carbocycles. The highest BCUT2D eigenvalue weighted by Crippen LogP contribution is 2.31. The van der Waals surface area contributed by atoms with Crippen molar-refractivity contribution in [1.29, 1.82) is 0 Å². The van der Waals surface area contributed by atoms with Crippen LogP contribution in [0, 0.1) is 5.82 Å². The molecule has 1 aliphatic rings. The molecular formula is C10H12FNO2. The molecule has 0 aromatic heterocycles. The quantitative estimate of drug-likeness (QED) is 0.752. The number of fused-ring (bicyclic) bond motifs is 1. The Labute approximate surface area is 81.5 Å². The number of aliphatic hydroxyl groups is 1. The van der Waals surface area contributed by atoms with Gasteiger partial charge in [0, 0.05) is 6.61 Å². The lowest BCUT2D eigenvalue weighted by molar-refractivity contribution is 0.227. The zero-order chi connectivity index (χ0) is 9.97. The minimum atomic E-state index is -0.350. The van der Waals surface area contributed by atoms with E-state index in [0.29, 0.717) is 18.7 Å². The van der Waals surface area contributed by atoms with Gasteiger partial charge >= 0.3 is 0 Å². The predicted molar refractivity (Wildman–Crippen MR) is 51.0 cm³/mol. The van der Waals surface area contributed by atoms with Crippen LogP contribution in [0.15, 0.2) is 18.2 Å². The highest BCUT2D eigenvalue weighted by molar-refractivity contribution is 5.58. The molecule has 76 valence electrons. The van der Waals surface area contributed by atoms with Gasteiger partial charge in [0.2, 0.25) is 0 Å². The van der Waals surface area contributed by atoms with Gasteiger partial charge in [-0.15, -0.1) is 0 Å². The number of benzene rings is 1. The van der Waals surface area contributed by atoms with Crippen molar-refractivity contribution in [2.75, 3.05) is 18.5 Å². The number of hydrogen-bond donors (Lipinski definition) is 2. The Bertz CT molecular complexity index is 330. The summed E-state index contributed by atoms with van der Waals surface area (Å²) in [5.41, 5.74) is 0.662. The molecule has 14 heavy (non-hydrogen) atoms. The van der Waals surface area contributed by atoms with Crippen molar-refractivity contribution in [3.8, 4) is 5.75 Å². The van der Waals surface area contributed by atoms with Gasteiger partial charge in [-0.05, 0) is 18.6 Å². The van der Waals surface area contributed by atoms with Gasteiger partial charge in [0.1, 0.15) is 6.61 Å². The fraction of sp³-hybridized carbons (Fsp3) is 0.400. The number of nitrogens with one attached hydrogen (secondary N) is 1. The maximum Gasteiger partial charge on any atom is 0.178 e. The summed E-state index contributed by atoms with van der Waals surface area (Å²) in [7, 11) is 0. The van der Waals surface area contributed by atoms with Crippen LogP contribution in [0.25, 0.3) is 0 Å². The lowest BCUT2D eigenvalue weighted by Crippen LogP contribution is -2.32. The van der Waals surface area contributed by atoms with Crippen molar-refractivity contribution in [2.45, 2.75) is 12.5 Å². The maximum atomic E-state index is 13.2. The second-order valence-corrected chi connectivity index (χ2v) is 3.28. The van der Waals surface area contributed by atoms with Gasteiger partial charge in [-0.2, -0.15) is 0 Å².